The second kappa shape index (κ2) is 7.75. The van der Waals surface area contributed by atoms with Gasteiger partial charge in [-0.25, -0.2) is 0 Å². The van der Waals surface area contributed by atoms with E-state index in [0.717, 1.165) is 43.6 Å². The van der Waals surface area contributed by atoms with Crippen LogP contribution < -0.4 is 4.74 Å². The third-order valence-electron chi connectivity index (χ3n) is 5.45. The van der Waals surface area contributed by atoms with E-state index in [2.05, 4.69) is 53.6 Å². The molecule has 3 nitrogen and oxygen atoms in total. The number of methoxy groups -OCH3 is 1. The van der Waals surface area contributed by atoms with Crippen molar-refractivity contribution in [1.29, 1.82) is 0 Å². The molecule has 0 amide bonds. The quantitative estimate of drug-likeness (QED) is 0.674. The van der Waals surface area contributed by atoms with Crippen LogP contribution in [0.1, 0.15) is 21.6 Å². The van der Waals surface area contributed by atoms with E-state index < -0.39 is 0 Å². The molecule has 0 atom stereocenters. The van der Waals surface area contributed by atoms with Crippen LogP contribution in [0.25, 0.3) is 11.1 Å². The molecule has 0 radical (unpaired) electrons. The minimum Gasteiger partial charge on any atom is -0.504 e. The molecule has 1 aliphatic heterocycles. The van der Waals surface area contributed by atoms with Crippen LogP contribution >= 0.6 is 11.3 Å². The fourth-order valence-corrected chi connectivity index (χ4v) is 4.64. The number of ether oxygens (including phenoxy) is 1. The van der Waals surface area contributed by atoms with E-state index >= 15 is 0 Å². The molecule has 4 rings (SSSR count). The molecule has 4 heteroatoms. The van der Waals surface area contributed by atoms with Gasteiger partial charge in [0.2, 0.25) is 0 Å². The van der Waals surface area contributed by atoms with Crippen molar-refractivity contribution in [3.8, 4) is 22.6 Å². The van der Waals surface area contributed by atoms with Gasteiger partial charge in [0.25, 0.3) is 0 Å². The summed E-state index contributed by atoms with van der Waals surface area (Å²) in [4.78, 5) is 3.72. The van der Waals surface area contributed by atoms with Crippen LogP contribution in [0.2, 0.25) is 0 Å². The van der Waals surface area contributed by atoms with Gasteiger partial charge in [0.05, 0.1) is 7.11 Å². The number of fused-ring (bicyclic) bond motifs is 1. The first kappa shape index (κ1) is 18.1. The smallest absolute Gasteiger partial charge is 0.166 e. The molecule has 140 valence electrons. The molecule has 0 spiro atoms. The summed E-state index contributed by atoms with van der Waals surface area (Å²) in [5.74, 6) is 0.842. The number of rotatable bonds is 5. The Hall–Kier alpha value is -2.30. The number of nitrogens with zero attached hydrogens (tertiary/aromatic N) is 1. The predicted octanol–water partition coefficient (Wildman–Crippen LogP) is 5.04. The normalized spacial score (nSPS) is 14.1. The van der Waals surface area contributed by atoms with Crippen molar-refractivity contribution in [2.45, 2.75) is 26.3 Å². The lowest BCUT2D eigenvalue weighted by atomic mass is 9.90. The van der Waals surface area contributed by atoms with E-state index in [4.69, 9.17) is 4.74 Å². The molecule has 1 aromatic heterocycles. The Morgan fingerprint density at radius 2 is 2.00 bits per heavy atom. The van der Waals surface area contributed by atoms with Crippen molar-refractivity contribution in [3.63, 3.8) is 0 Å². The van der Waals surface area contributed by atoms with Gasteiger partial charge in [0.1, 0.15) is 0 Å². The lowest BCUT2D eigenvalue weighted by Gasteiger charge is -2.31. The van der Waals surface area contributed by atoms with E-state index in [9.17, 15) is 5.11 Å². The minimum atomic E-state index is 0.266. The van der Waals surface area contributed by atoms with Gasteiger partial charge in [-0.15, -0.1) is 11.3 Å². The Morgan fingerprint density at radius 3 is 2.70 bits per heavy atom. The highest BCUT2D eigenvalue weighted by atomic mass is 32.1. The van der Waals surface area contributed by atoms with Gasteiger partial charge in [0.15, 0.2) is 11.5 Å². The zero-order valence-electron chi connectivity index (χ0n) is 15.9. The first-order valence-corrected chi connectivity index (χ1v) is 10.3. The highest BCUT2D eigenvalue weighted by molar-refractivity contribution is 7.10. The lowest BCUT2D eigenvalue weighted by molar-refractivity contribution is 0.256. The van der Waals surface area contributed by atoms with Crippen LogP contribution in [0.4, 0.5) is 0 Å². The first-order chi connectivity index (χ1) is 13.2. The molecule has 0 unspecified atom stereocenters. The van der Waals surface area contributed by atoms with Gasteiger partial charge in [0, 0.05) is 30.1 Å². The van der Waals surface area contributed by atoms with E-state index in [0.29, 0.717) is 5.75 Å². The number of thiophene rings is 1. The Labute approximate surface area is 164 Å². The summed E-state index contributed by atoms with van der Waals surface area (Å²) in [6, 6.07) is 14.8. The summed E-state index contributed by atoms with van der Waals surface area (Å²) in [6.07, 6.45) is 2.03. The van der Waals surface area contributed by atoms with Crippen molar-refractivity contribution in [2.75, 3.05) is 20.2 Å². The third-order valence-corrected chi connectivity index (χ3v) is 6.30. The summed E-state index contributed by atoms with van der Waals surface area (Å²) in [5.41, 5.74) is 5.98. The Balaban J connectivity index is 1.65. The fourth-order valence-electron chi connectivity index (χ4n) is 3.94. The van der Waals surface area contributed by atoms with Crippen molar-refractivity contribution in [3.05, 3.63) is 69.4 Å². The average Bonchev–Trinajstić information content (AvgIpc) is 3.12. The average molecular weight is 380 g/mol. The number of hydrogen-bond donors (Lipinski definition) is 1. The van der Waals surface area contributed by atoms with Gasteiger partial charge in [-0.1, -0.05) is 30.3 Å². The summed E-state index contributed by atoms with van der Waals surface area (Å²) in [5, 5.41) is 13.0. The Kier molecular flexibility index (Phi) is 5.19. The maximum atomic E-state index is 10.9. The van der Waals surface area contributed by atoms with Crippen molar-refractivity contribution in [1.82, 2.24) is 4.90 Å². The Morgan fingerprint density at radius 1 is 1.19 bits per heavy atom. The molecule has 0 bridgehead atoms. The maximum Gasteiger partial charge on any atom is 0.166 e. The van der Waals surface area contributed by atoms with Crippen LogP contribution in [0, 0.1) is 6.92 Å². The standard InChI is InChI=1S/C23H25NO2S/c1-16-19(10-13-27-16)22-20-15-24(11-8-17-6-4-3-5-7-17)12-9-18(20)14-21(26-2)23(22)25/h3-7,10,13-14,25H,8-9,11-12,15H2,1-2H3. The van der Waals surface area contributed by atoms with Gasteiger partial charge in [-0.3, -0.25) is 4.90 Å². The number of benzene rings is 2. The predicted molar refractivity (Wildman–Crippen MR) is 112 cm³/mol. The molecule has 0 saturated heterocycles. The second-order valence-corrected chi connectivity index (χ2v) is 8.21. The molecule has 0 fully saturated rings. The molecular formula is C23H25NO2S. The van der Waals surface area contributed by atoms with E-state index in [1.165, 1.54) is 21.6 Å². The van der Waals surface area contributed by atoms with Gasteiger partial charge < -0.3 is 9.84 Å². The van der Waals surface area contributed by atoms with Crippen LogP contribution in [0.5, 0.6) is 11.5 Å². The van der Waals surface area contributed by atoms with Crippen molar-refractivity contribution < 1.29 is 9.84 Å². The van der Waals surface area contributed by atoms with Crippen molar-refractivity contribution in [2.24, 2.45) is 0 Å². The number of aromatic hydroxyl groups is 1. The number of phenolic OH excluding ortho intramolecular Hbond substituents is 1. The van der Waals surface area contributed by atoms with E-state index in [1.807, 2.05) is 6.07 Å². The number of phenols is 1. The SMILES string of the molecule is COc1cc2c(c(-c3ccsc3C)c1O)CN(CCc1ccccc1)CC2. The highest BCUT2D eigenvalue weighted by Gasteiger charge is 2.25. The number of hydrogen-bond acceptors (Lipinski definition) is 4. The second-order valence-electron chi connectivity index (χ2n) is 7.09. The van der Waals surface area contributed by atoms with Gasteiger partial charge in [-0.05, 0) is 59.5 Å². The van der Waals surface area contributed by atoms with Crippen LogP contribution in [0.15, 0.2) is 47.8 Å². The lowest BCUT2D eigenvalue weighted by Crippen LogP contribution is -2.32. The molecule has 27 heavy (non-hydrogen) atoms. The van der Waals surface area contributed by atoms with Crippen LogP contribution in [0.3, 0.4) is 0 Å². The molecule has 1 N–H and O–H groups in total. The summed E-state index contributed by atoms with van der Waals surface area (Å²) in [6.45, 7) is 5.04. The highest BCUT2D eigenvalue weighted by Crippen LogP contribution is 2.45. The molecule has 3 aromatic rings. The molecular weight excluding hydrogens is 354 g/mol. The van der Waals surface area contributed by atoms with Gasteiger partial charge in [-0.2, -0.15) is 0 Å². The topological polar surface area (TPSA) is 32.7 Å². The third kappa shape index (κ3) is 3.60. The van der Waals surface area contributed by atoms with Crippen LogP contribution in [-0.4, -0.2) is 30.2 Å². The van der Waals surface area contributed by atoms with Crippen molar-refractivity contribution >= 4 is 11.3 Å². The van der Waals surface area contributed by atoms with Crippen LogP contribution in [-0.2, 0) is 19.4 Å². The monoisotopic (exact) mass is 379 g/mol. The molecule has 2 aromatic carbocycles. The zero-order chi connectivity index (χ0) is 18.8. The molecule has 0 saturated carbocycles. The number of aryl methyl sites for hydroxylation is 1. The largest absolute Gasteiger partial charge is 0.504 e. The van der Waals surface area contributed by atoms with Gasteiger partial charge >= 0.3 is 0 Å². The zero-order valence-corrected chi connectivity index (χ0v) is 16.7. The van der Waals surface area contributed by atoms with E-state index in [1.54, 1.807) is 18.4 Å². The molecule has 1 aliphatic rings. The Bertz CT molecular complexity index is 933. The summed E-state index contributed by atoms with van der Waals surface area (Å²) < 4.78 is 5.46. The maximum absolute atomic E-state index is 10.9. The fraction of sp³-hybridized carbons (Fsp3) is 0.304. The summed E-state index contributed by atoms with van der Waals surface area (Å²) >= 11 is 1.71. The first-order valence-electron chi connectivity index (χ1n) is 9.40. The van der Waals surface area contributed by atoms with E-state index in [-0.39, 0.29) is 5.75 Å². The molecule has 0 aliphatic carbocycles. The minimum absolute atomic E-state index is 0.266. The molecule has 2 heterocycles. The summed E-state index contributed by atoms with van der Waals surface area (Å²) in [7, 11) is 1.63.